The van der Waals surface area contributed by atoms with Crippen LogP contribution in [0.15, 0.2) is 36.7 Å². The highest BCUT2D eigenvalue weighted by atomic mass is 35.5. The predicted octanol–water partition coefficient (Wildman–Crippen LogP) is 2.72. The van der Waals surface area contributed by atoms with E-state index < -0.39 is 5.79 Å². The molecule has 3 heterocycles. The van der Waals surface area contributed by atoms with E-state index in [4.69, 9.17) is 21.1 Å². The van der Waals surface area contributed by atoms with Crippen molar-refractivity contribution in [2.24, 2.45) is 0 Å². The summed E-state index contributed by atoms with van der Waals surface area (Å²) in [6.07, 6.45) is 2.78. The molecular weight excluding hydrogens is 368 g/mol. The van der Waals surface area contributed by atoms with Crippen molar-refractivity contribution >= 4 is 23.3 Å². The van der Waals surface area contributed by atoms with E-state index >= 15 is 0 Å². The lowest BCUT2D eigenvalue weighted by molar-refractivity contribution is -0.181. The molecule has 2 saturated heterocycles. The summed E-state index contributed by atoms with van der Waals surface area (Å²) in [7, 11) is 0. The van der Waals surface area contributed by atoms with Gasteiger partial charge in [0.05, 0.1) is 13.2 Å². The van der Waals surface area contributed by atoms with Gasteiger partial charge in [-0.3, -0.25) is 4.79 Å². The number of aromatic nitrogens is 2. The second-order valence-electron chi connectivity index (χ2n) is 6.67. The van der Waals surface area contributed by atoms with Gasteiger partial charge >= 0.3 is 0 Å². The van der Waals surface area contributed by atoms with Crippen LogP contribution in [0.2, 0.25) is 5.02 Å². The van der Waals surface area contributed by atoms with Gasteiger partial charge < -0.3 is 19.7 Å². The first-order chi connectivity index (χ1) is 13.1. The van der Waals surface area contributed by atoms with E-state index in [1.54, 1.807) is 11.0 Å². The van der Waals surface area contributed by atoms with Crippen LogP contribution in [0.25, 0.3) is 0 Å². The second kappa shape index (κ2) is 7.80. The van der Waals surface area contributed by atoms with Crippen molar-refractivity contribution in [3.63, 3.8) is 0 Å². The smallest absolute Gasteiger partial charge is 0.272 e. The Labute approximate surface area is 162 Å². The molecule has 4 rings (SSSR count). The van der Waals surface area contributed by atoms with E-state index in [9.17, 15) is 4.79 Å². The Balaban J connectivity index is 1.37. The average molecular weight is 389 g/mol. The maximum Gasteiger partial charge on any atom is 0.272 e. The number of likely N-dealkylation sites (tertiary alicyclic amines) is 1. The molecule has 2 fully saturated rings. The van der Waals surface area contributed by atoms with Crippen LogP contribution < -0.4 is 5.32 Å². The largest absolute Gasteiger partial charge is 0.366 e. The fourth-order valence-corrected chi connectivity index (χ4v) is 3.49. The molecule has 142 valence electrons. The Bertz CT molecular complexity index is 799. The molecule has 7 nitrogen and oxygen atoms in total. The molecule has 1 aromatic carbocycles. The van der Waals surface area contributed by atoms with Crippen LogP contribution in [-0.4, -0.2) is 52.9 Å². The van der Waals surface area contributed by atoms with Gasteiger partial charge in [0.15, 0.2) is 5.79 Å². The zero-order valence-electron chi connectivity index (χ0n) is 14.9. The summed E-state index contributed by atoms with van der Waals surface area (Å²) in [5, 5.41) is 3.91. The molecule has 8 heteroatoms. The minimum absolute atomic E-state index is 0.0974. The third-order valence-electron chi connectivity index (χ3n) is 4.90. The van der Waals surface area contributed by atoms with E-state index in [-0.39, 0.29) is 5.91 Å². The summed E-state index contributed by atoms with van der Waals surface area (Å²) >= 11 is 5.90. The molecule has 27 heavy (non-hydrogen) atoms. The Kier molecular flexibility index (Phi) is 5.24. The van der Waals surface area contributed by atoms with Crippen molar-refractivity contribution < 1.29 is 14.3 Å². The van der Waals surface area contributed by atoms with E-state index in [1.165, 1.54) is 6.33 Å². The van der Waals surface area contributed by atoms with Crippen LogP contribution in [0.4, 0.5) is 5.82 Å². The van der Waals surface area contributed by atoms with Crippen LogP contribution >= 0.6 is 11.6 Å². The highest BCUT2D eigenvalue weighted by Crippen LogP contribution is 2.31. The third kappa shape index (κ3) is 4.21. The van der Waals surface area contributed by atoms with Gasteiger partial charge in [0.25, 0.3) is 5.91 Å². The topological polar surface area (TPSA) is 76.6 Å². The highest BCUT2D eigenvalue weighted by Gasteiger charge is 2.41. The number of piperidine rings is 1. The average Bonchev–Trinajstić information content (AvgIpc) is 3.16. The lowest BCUT2D eigenvalue weighted by atomic mass is 10.0. The monoisotopic (exact) mass is 388 g/mol. The van der Waals surface area contributed by atoms with Crippen molar-refractivity contribution in [3.05, 3.63) is 52.9 Å². The second-order valence-corrected chi connectivity index (χ2v) is 7.10. The number of amides is 1. The molecule has 1 aromatic heterocycles. The number of ether oxygens (including phenoxy) is 2. The lowest BCUT2D eigenvalue weighted by Crippen LogP contribution is -2.47. The number of rotatable bonds is 4. The molecule has 0 bridgehead atoms. The molecule has 0 radical (unpaired) electrons. The zero-order chi connectivity index (χ0) is 18.7. The first kappa shape index (κ1) is 18.2. The van der Waals surface area contributed by atoms with Crippen LogP contribution in [0, 0.1) is 0 Å². The van der Waals surface area contributed by atoms with Crippen LogP contribution in [0.3, 0.4) is 0 Å². The summed E-state index contributed by atoms with van der Waals surface area (Å²) in [6.45, 7) is 3.03. The number of carbonyl (C=O) groups excluding carboxylic acids is 1. The Morgan fingerprint density at radius 2 is 1.85 bits per heavy atom. The minimum atomic E-state index is -0.492. The van der Waals surface area contributed by atoms with Gasteiger partial charge in [-0.15, -0.1) is 0 Å². The number of nitrogens with zero attached hydrogens (tertiary/aromatic N) is 3. The van der Waals surface area contributed by atoms with Crippen molar-refractivity contribution in [1.29, 1.82) is 0 Å². The van der Waals surface area contributed by atoms with Gasteiger partial charge in [0, 0.05) is 43.6 Å². The lowest BCUT2D eigenvalue weighted by Gasteiger charge is -2.37. The number of anilines is 1. The normalized spacial score (nSPS) is 18.6. The number of hydrogen-bond donors (Lipinski definition) is 1. The Morgan fingerprint density at radius 3 is 2.56 bits per heavy atom. The summed E-state index contributed by atoms with van der Waals surface area (Å²) in [6, 6.07) is 9.26. The fraction of sp³-hybridized carbons (Fsp3) is 0.421. The number of carbonyl (C=O) groups is 1. The molecule has 0 unspecified atom stereocenters. The SMILES string of the molecule is O=C(c1cc(NCc2ccc(Cl)cc2)ncn1)N1CCC2(CC1)OCCO2. The maximum atomic E-state index is 12.8. The molecule has 2 aliphatic rings. The molecular formula is C19H21ClN4O3. The zero-order valence-corrected chi connectivity index (χ0v) is 15.6. The van der Waals surface area contributed by atoms with E-state index in [1.807, 2.05) is 24.3 Å². The highest BCUT2D eigenvalue weighted by molar-refractivity contribution is 6.30. The van der Waals surface area contributed by atoms with E-state index in [0.29, 0.717) is 62.2 Å². The number of hydrogen-bond acceptors (Lipinski definition) is 6. The first-order valence-corrected chi connectivity index (χ1v) is 9.39. The number of halogens is 1. The van der Waals surface area contributed by atoms with E-state index in [0.717, 1.165) is 5.56 Å². The molecule has 2 aromatic rings. The standard InChI is InChI=1S/C19H21ClN4O3/c20-15-3-1-14(2-4-15)12-21-17-11-16(22-13-23-17)18(25)24-7-5-19(6-8-24)26-9-10-27-19/h1-4,11,13H,5-10,12H2,(H,21,22,23). The number of nitrogens with one attached hydrogen (secondary N) is 1. The van der Waals surface area contributed by atoms with Gasteiger partial charge in [-0.1, -0.05) is 23.7 Å². The van der Waals surface area contributed by atoms with Crippen molar-refractivity contribution in [1.82, 2.24) is 14.9 Å². The molecule has 1 amide bonds. The van der Waals surface area contributed by atoms with Crippen LogP contribution in [0.5, 0.6) is 0 Å². The van der Waals surface area contributed by atoms with Crippen molar-refractivity contribution in [2.75, 3.05) is 31.6 Å². The van der Waals surface area contributed by atoms with Gasteiger partial charge in [-0.25, -0.2) is 9.97 Å². The summed E-state index contributed by atoms with van der Waals surface area (Å²) in [5.74, 6) is 0.0207. The van der Waals surface area contributed by atoms with Crippen molar-refractivity contribution in [3.8, 4) is 0 Å². The molecule has 0 aliphatic carbocycles. The predicted molar refractivity (Wildman–Crippen MR) is 101 cm³/mol. The van der Waals surface area contributed by atoms with Gasteiger partial charge in [0.2, 0.25) is 0 Å². The fourth-order valence-electron chi connectivity index (χ4n) is 3.36. The first-order valence-electron chi connectivity index (χ1n) is 9.01. The van der Waals surface area contributed by atoms with Gasteiger partial charge in [-0.05, 0) is 17.7 Å². The Hall–Kier alpha value is -2.22. The quantitative estimate of drug-likeness (QED) is 0.867. The Morgan fingerprint density at radius 1 is 1.15 bits per heavy atom. The number of benzene rings is 1. The molecule has 0 saturated carbocycles. The summed E-state index contributed by atoms with van der Waals surface area (Å²) in [5.41, 5.74) is 1.46. The van der Waals surface area contributed by atoms with Crippen LogP contribution in [-0.2, 0) is 16.0 Å². The molecule has 1 N–H and O–H groups in total. The van der Waals surface area contributed by atoms with Gasteiger partial charge in [0.1, 0.15) is 17.8 Å². The summed E-state index contributed by atoms with van der Waals surface area (Å²) in [4.78, 5) is 22.9. The molecule has 2 aliphatic heterocycles. The molecule has 1 spiro atoms. The third-order valence-corrected chi connectivity index (χ3v) is 5.15. The van der Waals surface area contributed by atoms with Gasteiger partial charge in [-0.2, -0.15) is 0 Å². The van der Waals surface area contributed by atoms with Crippen molar-refractivity contribution in [2.45, 2.75) is 25.2 Å². The summed E-state index contributed by atoms with van der Waals surface area (Å²) < 4.78 is 11.4. The van der Waals surface area contributed by atoms with Crippen LogP contribution in [0.1, 0.15) is 28.9 Å². The minimum Gasteiger partial charge on any atom is -0.366 e. The van der Waals surface area contributed by atoms with E-state index in [2.05, 4.69) is 15.3 Å². The molecule has 0 atom stereocenters. The maximum absolute atomic E-state index is 12.8.